The molecule has 0 spiro atoms. The van der Waals surface area contributed by atoms with Crippen molar-refractivity contribution in [2.75, 3.05) is 25.1 Å². The van der Waals surface area contributed by atoms with Crippen molar-refractivity contribution >= 4 is 23.1 Å². The van der Waals surface area contributed by atoms with Crippen molar-refractivity contribution in [1.29, 1.82) is 0 Å². The van der Waals surface area contributed by atoms with Crippen molar-refractivity contribution in [3.63, 3.8) is 0 Å². The molecule has 0 saturated carbocycles. The van der Waals surface area contributed by atoms with E-state index in [-0.39, 0.29) is 17.9 Å². The predicted molar refractivity (Wildman–Crippen MR) is 94.0 cm³/mol. The summed E-state index contributed by atoms with van der Waals surface area (Å²) in [5.74, 6) is -0.313. The number of ether oxygens (including phenoxy) is 1. The number of nitrogens with zero attached hydrogens (tertiary/aromatic N) is 1. The lowest BCUT2D eigenvalue weighted by Crippen LogP contribution is -2.46. The zero-order valence-electron chi connectivity index (χ0n) is 13.4. The minimum atomic E-state index is -0.313. The molecule has 1 N–H and O–H groups in total. The maximum Gasteiger partial charge on any atom is 0.322 e. The van der Waals surface area contributed by atoms with Gasteiger partial charge in [0.25, 0.3) is 0 Å². The zero-order chi connectivity index (χ0) is 16.8. The Labute approximate surface area is 145 Å². The lowest BCUT2D eigenvalue weighted by atomic mass is 10.1. The molecule has 0 radical (unpaired) electrons. The molecule has 3 rings (SSSR count). The highest BCUT2D eigenvalue weighted by Gasteiger charge is 2.25. The van der Waals surface area contributed by atoms with Gasteiger partial charge < -0.3 is 15.0 Å². The van der Waals surface area contributed by atoms with Gasteiger partial charge in [-0.25, -0.2) is 9.18 Å². The molecule has 1 saturated heterocycles. The van der Waals surface area contributed by atoms with E-state index in [1.54, 1.807) is 23.5 Å². The average molecular weight is 348 g/mol. The fourth-order valence-electron chi connectivity index (χ4n) is 2.86. The number of benzene rings is 1. The molecule has 1 fully saturated rings. The van der Waals surface area contributed by atoms with E-state index in [2.05, 4.69) is 11.4 Å². The zero-order valence-corrected chi connectivity index (χ0v) is 14.2. The fraction of sp³-hybridized carbons (Fsp3) is 0.389. The Morgan fingerprint density at radius 2 is 2.00 bits per heavy atom. The Hall–Kier alpha value is -1.92. The summed E-state index contributed by atoms with van der Waals surface area (Å²) in [6.45, 7) is 2.03. The number of rotatable bonds is 5. The van der Waals surface area contributed by atoms with Gasteiger partial charge in [0.2, 0.25) is 0 Å². The van der Waals surface area contributed by atoms with Crippen LogP contribution in [-0.4, -0.2) is 36.7 Å². The van der Waals surface area contributed by atoms with Crippen LogP contribution in [0.5, 0.6) is 0 Å². The van der Waals surface area contributed by atoms with Crippen LogP contribution in [0.4, 0.5) is 14.9 Å². The molecule has 128 valence electrons. The molecule has 1 aliphatic heterocycles. The molecular weight excluding hydrogens is 327 g/mol. The first-order valence-corrected chi connectivity index (χ1v) is 9.03. The molecule has 2 heterocycles. The lowest BCUT2D eigenvalue weighted by molar-refractivity contribution is 0.0484. The third-order valence-electron chi connectivity index (χ3n) is 4.17. The van der Waals surface area contributed by atoms with E-state index in [1.165, 1.54) is 17.0 Å². The van der Waals surface area contributed by atoms with Crippen LogP contribution in [0.2, 0.25) is 0 Å². The second-order valence-electron chi connectivity index (χ2n) is 5.80. The van der Waals surface area contributed by atoms with Crippen LogP contribution in [0.25, 0.3) is 0 Å². The van der Waals surface area contributed by atoms with E-state index >= 15 is 0 Å². The van der Waals surface area contributed by atoms with E-state index in [4.69, 9.17) is 4.74 Å². The first-order valence-electron chi connectivity index (χ1n) is 8.16. The van der Waals surface area contributed by atoms with Crippen LogP contribution in [0.15, 0.2) is 41.8 Å². The predicted octanol–water partition coefficient (Wildman–Crippen LogP) is 4.14. The molecule has 0 unspecified atom stereocenters. The molecule has 1 aliphatic rings. The Bertz CT molecular complexity index is 640. The van der Waals surface area contributed by atoms with E-state index in [1.807, 2.05) is 16.3 Å². The van der Waals surface area contributed by atoms with Gasteiger partial charge in [0.05, 0.1) is 0 Å². The number of thiophene rings is 1. The summed E-state index contributed by atoms with van der Waals surface area (Å²) in [5.41, 5.74) is 0.606. The highest BCUT2D eigenvalue weighted by atomic mass is 32.1. The molecule has 4 nitrogen and oxygen atoms in total. The van der Waals surface area contributed by atoms with E-state index in [9.17, 15) is 9.18 Å². The minimum Gasteiger partial charge on any atom is -0.381 e. The van der Waals surface area contributed by atoms with Crippen molar-refractivity contribution in [3.05, 3.63) is 52.5 Å². The summed E-state index contributed by atoms with van der Waals surface area (Å²) in [4.78, 5) is 15.9. The number of carbonyl (C=O) groups is 1. The van der Waals surface area contributed by atoms with Gasteiger partial charge >= 0.3 is 6.03 Å². The van der Waals surface area contributed by atoms with Gasteiger partial charge in [-0.15, -0.1) is 11.3 Å². The number of carbonyl (C=O) groups excluding carboxylic acids is 1. The van der Waals surface area contributed by atoms with Gasteiger partial charge in [0.15, 0.2) is 0 Å². The van der Waals surface area contributed by atoms with E-state index in [0.29, 0.717) is 25.4 Å². The Balaban J connectivity index is 1.67. The third kappa shape index (κ3) is 4.55. The smallest absolute Gasteiger partial charge is 0.322 e. The number of nitrogens with one attached hydrogen (secondary N) is 1. The number of amides is 2. The maximum atomic E-state index is 13.0. The summed E-state index contributed by atoms with van der Waals surface area (Å²) >= 11 is 1.70. The van der Waals surface area contributed by atoms with Crippen molar-refractivity contribution in [2.45, 2.75) is 25.3 Å². The molecule has 6 heteroatoms. The first-order chi connectivity index (χ1) is 11.7. The van der Waals surface area contributed by atoms with Gasteiger partial charge in [0, 0.05) is 36.4 Å². The van der Waals surface area contributed by atoms with Gasteiger partial charge in [-0.2, -0.15) is 0 Å². The number of hydrogen-bond acceptors (Lipinski definition) is 3. The number of anilines is 1. The monoisotopic (exact) mass is 348 g/mol. The molecule has 1 aromatic heterocycles. The van der Waals surface area contributed by atoms with Crippen LogP contribution in [-0.2, 0) is 11.2 Å². The number of hydrogen-bond donors (Lipinski definition) is 1. The summed E-state index contributed by atoms with van der Waals surface area (Å²) in [6, 6.07) is 10.0. The summed E-state index contributed by atoms with van der Waals surface area (Å²) in [7, 11) is 0. The SMILES string of the molecule is O=C(Nc1ccc(F)cc1)N(CCc1cccs1)C1CCOCC1. The van der Waals surface area contributed by atoms with E-state index < -0.39 is 0 Å². The van der Waals surface area contributed by atoms with Crippen molar-refractivity contribution < 1.29 is 13.9 Å². The largest absolute Gasteiger partial charge is 0.381 e. The average Bonchev–Trinajstić information content (AvgIpc) is 3.12. The lowest BCUT2D eigenvalue weighted by Gasteiger charge is -2.34. The second kappa shape index (κ2) is 8.26. The van der Waals surface area contributed by atoms with Crippen LogP contribution in [0, 0.1) is 5.82 Å². The first kappa shape index (κ1) is 16.9. The normalized spacial score (nSPS) is 15.2. The molecule has 1 aromatic carbocycles. The number of halogens is 1. The quantitative estimate of drug-likeness (QED) is 0.882. The van der Waals surface area contributed by atoms with Gasteiger partial charge in [-0.05, 0) is 55.0 Å². The van der Waals surface area contributed by atoms with Crippen LogP contribution >= 0.6 is 11.3 Å². The fourth-order valence-corrected chi connectivity index (χ4v) is 3.56. The third-order valence-corrected chi connectivity index (χ3v) is 5.10. The topological polar surface area (TPSA) is 41.6 Å². The Morgan fingerprint density at radius 3 is 2.67 bits per heavy atom. The van der Waals surface area contributed by atoms with Crippen LogP contribution < -0.4 is 5.32 Å². The van der Waals surface area contributed by atoms with Crippen LogP contribution in [0.3, 0.4) is 0 Å². The van der Waals surface area contributed by atoms with Gasteiger partial charge in [0.1, 0.15) is 5.82 Å². The van der Waals surface area contributed by atoms with Crippen molar-refractivity contribution in [3.8, 4) is 0 Å². The molecule has 2 amide bonds. The molecule has 0 atom stereocenters. The van der Waals surface area contributed by atoms with Crippen molar-refractivity contribution in [2.24, 2.45) is 0 Å². The molecular formula is C18H21FN2O2S. The Morgan fingerprint density at radius 1 is 1.25 bits per heavy atom. The summed E-state index contributed by atoms with van der Waals surface area (Å²) in [5, 5.41) is 4.93. The maximum absolute atomic E-state index is 13.0. The Kier molecular flexibility index (Phi) is 5.82. The number of urea groups is 1. The molecule has 2 aromatic rings. The molecule has 0 aliphatic carbocycles. The summed E-state index contributed by atoms with van der Waals surface area (Å²) < 4.78 is 18.4. The van der Waals surface area contributed by atoms with Gasteiger partial charge in [-0.1, -0.05) is 6.07 Å². The highest BCUT2D eigenvalue weighted by Crippen LogP contribution is 2.19. The second-order valence-corrected chi connectivity index (χ2v) is 6.84. The summed E-state index contributed by atoms with van der Waals surface area (Å²) in [6.07, 6.45) is 2.54. The van der Waals surface area contributed by atoms with Crippen molar-refractivity contribution in [1.82, 2.24) is 4.90 Å². The molecule has 0 bridgehead atoms. The highest BCUT2D eigenvalue weighted by molar-refractivity contribution is 7.09. The molecule has 24 heavy (non-hydrogen) atoms. The minimum absolute atomic E-state index is 0.134. The van der Waals surface area contributed by atoms with E-state index in [0.717, 1.165) is 19.3 Å². The van der Waals surface area contributed by atoms with Gasteiger partial charge in [-0.3, -0.25) is 0 Å². The standard InChI is InChI=1S/C18H21FN2O2S/c19-14-3-5-15(6-4-14)20-18(22)21(16-8-11-23-12-9-16)10-7-17-2-1-13-24-17/h1-6,13,16H,7-12H2,(H,20,22). The van der Waals surface area contributed by atoms with Crippen LogP contribution in [0.1, 0.15) is 17.7 Å².